The number of nitrogens with two attached hydrogens (primary N) is 1. The summed E-state index contributed by atoms with van der Waals surface area (Å²) in [7, 11) is 1.75. The highest BCUT2D eigenvalue weighted by Crippen LogP contribution is 2.27. The summed E-state index contributed by atoms with van der Waals surface area (Å²) in [5, 5.41) is 0. The van der Waals surface area contributed by atoms with Crippen LogP contribution in [0.5, 0.6) is 5.75 Å². The van der Waals surface area contributed by atoms with Crippen LogP contribution >= 0.6 is 0 Å². The summed E-state index contributed by atoms with van der Waals surface area (Å²) in [6.07, 6.45) is 2.14. The van der Waals surface area contributed by atoms with Gasteiger partial charge in [0.1, 0.15) is 5.75 Å². The molecule has 2 rings (SSSR count). The van der Waals surface area contributed by atoms with Gasteiger partial charge in [-0.3, -0.25) is 4.90 Å². The Labute approximate surface area is 123 Å². The van der Waals surface area contributed by atoms with E-state index in [1.165, 1.54) is 11.1 Å². The molecular formula is C17H28N2O. The molecule has 0 amide bonds. The summed E-state index contributed by atoms with van der Waals surface area (Å²) in [5.74, 6) is 1.55. The Bertz CT molecular complexity index is 444. The van der Waals surface area contributed by atoms with Crippen molar-refractivity contribution >= 4 is 0 Å². The number of hydrogen-bond acceptors (Lipinski definition) is 3. The third-order valence-electron chi connectivity index (χ3n) is 4.36. The first-order chi connectivity index (χ1) is 9.41. The highest BCUT2D eigenvalue weighted by atomic mass is 16.5. The number of rotatable bonds is 4. The fraction of sp³-hybridized carbons (Fsp3) is 0.647. The van der Waals surface area contributed by atoms with Crippen molar-refractivity contribution in [3.8, 4) is 5.75 Å². The van der Waals surface area contributed by atoms with Gasteiger partial charge in [0.25, 0.3) is 0 Å². The van der Waals surface area contributed by atoms with Crippen LogP contribution in [0.2, 0.25) is 0 Å². The maximum atomic E-state index is 6.20. The van der Waals surface area contributed by atoms with Gasteiger partial charge in [-0.2, -0.15) is 0 Å². The molecule has 20 heavy (non-hydrogen) atoms. The highest BCUT2D eigenvalue weighted by molar-refractivity contribution is 5.38. The molecule has 1 saturated heterocycles. The minimum Gasteiger partial charge on any atom is -0.496 e. The first kappa shape index (κ1) is 15.3. The topological polar surface area (TPSA) is 38.5 Å². The summed E-state index contributed by atoms with van der Waals surface area (Å²) in [4.78, 5) is 2.48. The van der Waals surface area contributed by atoms with Crippen LogP contribution in [0.25, 0.3) is 0 Å². The molecular weight excluding hydrogens is 248 g/mol. The lowest BCUT2D eigenvalue weighted by Gasteiger charge is -2.37. The van der Waals surface area contributed by atoms with Crippen LogP contribution in [0, 0.1) is 0 Å². The maximum Gasteiger partial charge on any atom is 0.123 e. The van der Waals surface area contributed by atoms with Gasteiger partial charge in [-0.05, 0) is 37.3 Å². The molecule has 3 heteroatoms. The van der Waals surface area contributed by atoms with E-state index in [2.05, 4.69) is 43.9 Å². The zero-order valence-corrected chi connectivity index (χ0v) is 13.3. The molecule has 3 nitrogen and oxygen atoms in total. The van der Waals surface area contributed by atoms with E-state index in [9.17, 15) is 0 Å². The van der Waals surface area contributed by atoms with Gasteiger partial charge >= 0.3 is 0 Å². The molecule has 0 atom stereocenters. The minimum absolute atomic E-state index is 0.0143. The van der Waals surface area contributed by atoms with E-state index in [0.717, 1.165) is 38.2 Å². The molecule has 0 unspecified atom stereocenters. The Morgan fingerprint density at radius 3 is 2.50 bits per heavy atom. The smallest absolute Gasteiger partial charge is 0.123 e. The molecule has 1 heterocycles. The van der Waals surface area contributed by atoms with Gasteiger partial charge in [0.2, 0.25) is 0 Å². The van der Waals surface area contributed by atoms with Crippen molar-refractivity contribution in [2.24, 2.45) is 5.73 Å². The zero-order chi connectivity index (χ0) is 14.8. The number of likely N-dealkylation sites (tertiary alicyclic amines) is 1. The molecule has 0 radical (unpaired) electrons. The predicted molar refractivity (Wildman–Crippen MR) is 84.2 cm³/mol. The van der Waals surface area contributed by atoms with Gasteiger partial charge in [-0.1, -0.05) is 26.0 Å². The van der Waals surface area contributed by atoms with Crippen molar-refractivity contribution in [1.82, 2.24) is 4.90 Å². The lowest BCUT2D eigenvalue weighted by atomic mass is 9.90. The molecule has 0 aliphatic carbocycles. The molecule has 0 spiro atoms. The van der Waals surface area contributed by atoms with Crippen LogP contribution in [-0.4, -0.2) is 30.6 Å². The monoisotopic (exact) mass is 276 g/mol. The van der Waals surface area contributed by atoms with E-state index in [-0.39, 0.29) is 5.54 Å². The average molecular weight is 276 g/mol. The number of nitrogens with zero attached hydrogens (tertiary/aromatic N) is 1. The number of piperidine rings is 1. The van der Waals surface area contributed by atoms with Crippen LogP contribution in [0.4, 0.5) is 0 Å². The second-order valence-corrected chi connectivity index (χ2v) is 6.66. The van der Waals surface area contributed by atoms with Crippen molar-refractivity contribution in [3.63, 3.8) is 0 Å². The normalized spacial score (nSPS) is 19.3. The van der Waals surface area contributed by atoms with Crippen LogP contribution in [0.1, 0.15) is 50.7 Å². The average Bonchev–Trinajstić information content (AvgIpc) is 2.41. The molecule has 0 bridgehead atoms. The van der Waals surface area contributed by atoms with Crippen molar-refractivity contribution in [2.45, 2.75) is 51.6 Å². The SMILES string of the molecule is COc1ccc(C(C)C)cc1CN1CCC(C)(N)CC1. The predicted octanol–water partition coefficient (Wildman–Crippen LogP) is 3.13. The molecule has 0 saturated carbocycles. The Morgan fingerprint density at radius 1 is 1.30 bits per heavy atom. The van der Waals surface area contributed by atoms with Gasteiger partial charge in [0.15, 0.2) is 0 Å². The van der Waals surface area contributed by atoms with E-state index >= 15 is 0 Å². The quantitative estimate of drug-likeness (QED) is 0.918. The van der Waals surface area contributed by atoms with Gasteiger partial charge in [-0.25, -0.2) is 0 Å². The largest absolute Gasteiger partial charge is 0.496 e. The minimum atomic E-state index is 0.0143. The van der Waals surface area contributed by atoms with Crippen molar-refractivity contribution in [1.29, 1.82) is 0 Å². The van der Waals surface area contributed by atoms with E-state index in [1.54, 1.807) is 7.11 Å². The molecule has 1 aromatic rings. The second kappa shape index (κ2) is 6.15. The van der Waals surface area contributed by atoms with Crippen molar-refractivity contribution in [3.05, 3.63) is 29.3 Å². The van der Waals surface area contributed by atoms with E-state index in [4.69, 9.17) is 10.5 Å². The van der Waals surface area contributed by atoms with Gasteiger partial charge in [0, 0.05) is 30.7 Å². The molecule has 2 N–H and O–H groups in total. The van der Waals surface area contributed by atoms with E-state index in [0.29, 0.717) is 5.92 Å². The second-order valence-electron chi connectivity index (χ2n) is 6.66. The molecule has 112 valence electrons. The summed E-state index contributed by atoms with van der Waals surface area (Å²) in [6.45, 7) is 9.72. The Hall–Kier alpha value is -1.06. The maximum absolute atomic E-state index is 6.20. The van der Waals surface area contributed by atoms with Gasteiger partial charge < -0.3 is 10.5 Å². The van der Waals surface area contributed by atoms with Gasteiger partial charge in [-0.15, -0.1) is 0 Å². The molecule has 1 aliphatic rings. The summed E-state index contributed by atoms with van der Waals surface area (Å²) in [5.41, 5.74) is 8.88. The summed E-state index contributed by atoms with van der Waals surface area (Å²) in [6, 6.07) is 6.56. The first-order valence-corrected chi connectivity index (χ1v) is 7.59. The first-order valence-electron chi connectivity index (χ1n) is 7.59. The Morgan fingerprint density at radius 2 is 1.95 bits per heavy atom. The van der Waals surface area contributed by atoms with E-state index in [1.807, 2.05) is 0 Å². The van der Waals surface area contributed by atoms with Crippen LogP contribution in [-0.2, 0) is 6.54 Å². The van der Waals surface area contributed by atoms with Gasteiger partial charge in [0.05, 0.1) is 7.11 Å². The van der Waals surface area contributed by atoms with Crippen LogP contribution in [0.15, 0.2) is 18.2 Å². The number of hydrogen-bond donors (Lipinski definition) is 1. The highest BCUT2D eigenvalue weighted by Gasteiger charge is 2.26. The lowest BCUT2D eigenvalue weighted by Crippen LogP contribution is -2.47. The van der Waals surface area contributed by atoms with Crippen molar-refractivity contribution < 1.29 is 4.74 Å². The number of methoxy groups -OCH3 is 1. The fourth-order valence-electron chi connectivity index (χ4n) is 2.74. The lowest BCUT2D eigenvalue weighted by molar-refractivity contribution is 0.164. The summed E-state index contributed by atoms with van der Waals surface area (Å²) < 4.78 is 5.51. The van der Waals surface area contributed by atoms with Crippen molar-refractivity contribution in [2.75, 3.05) is 20.2 Å². The number of ether oxygens (including phenoxy) is 1. The Kier molecular flexibility index (Phi) is 4.71. The van der Waals surface area contributed by atoms with Crippen LogP contribution in [0.3, 0.4) is 0 Å². The molecule has 1 aromatic carbocycles. The number of benzene rings is 1. The molecule has 0 aromatic heterocycles. The fourth-order valence-corrected chi connectivity index (χ4v) is 2.74. The van der Waals surface area contributed by atoms with E-state index < -0.39 is 0 Å². The Balaban J connectivity index is 2.10. The molecule has 1 aliphatic heterocycles. The third kappa shape index (κ3) is 3.74. The standard InChI is InChI=1S/C17H28N2O/c1-13(2)14-5-6-16(20-4)15(11-14)12-19-9-7-17(3,18)8-10-19/h5-6,11,13H,7-10,12,18H2,1-4H3. The third-order valence-corrected chi connectivity index (χ3v) is 4.36. The summed E-state index contributed by atoms with van der Waals surface area (Å²) >= 11 is 0. The molecule has 1 fully saturated rings. The zero-order valence-electron chi connectivity index (χ0n) is 13.3. The van der Waals surface area contributed by atoms with Crippen LogP contribution < -0.4 is 10.5 Å².